The molecule has 0 spiro atoms. The van der Waals surface area contributed by atoms with E-state index in [1.54, 1.807) is 12.3 Å². The molecule has 1 unspecified atom stereocenters. The van der Waals surface area contributed by atoms with Crippen molar-refractivity contribution >= 4 is 0 Å². The SMILES string of the molecule is CCNCc1ccc(F)c(C2CCc3cccnc32)c1. The van der Waals surface area contributed by atoms with Gasteiger partial charge in [-0.15, -0.1) is 0 Å². The average Bonchev–Trinajstić information content (AvgIpc) is 2.90. The molecule has 0 radical (unpaired) electrons. The zero-order valence-electron chi connectivity index (χ0n) is 11.7. The number of aromatic nitrogens is 1. The molecule has 1 aromatic heterocycles. The Hall–Kier alpha value is -1.74. The molecule has 1 N–H and O–H groups in total. The first-order chi connectivity index (χ1) is 9.79. The van der Waals surface area contributed by atoms with Crippen LogP contribution in [0.2, 0.25) is 0 Å². The van der Waals surface area contributed by atoms with Crippen molar-refractivity contribution < 1.29 is 4.39 Å². The van der Waals surface area contributed by atoms with Crippen LogP contribution in [-0.4, -0.2) is 11.5 Å². The van der Waals surface area contributed by atoms with E-state index in [0.29, 0.717) is 0 Å². The first-order valence-corrected chi connectivity index (χ1v) is 7.22. The number of aryl methyl sites for hydroxylation is 1. The highest BCUT2D eigenvalue weighted by Gasteiger charge is 2.27. The van der Waals surface area contributed by atoms with Gasteiger partial charge in [0.25, 0.3) is 0 Å². The predicted octanol–water partition coefficient (Wildman–Crippen LogP) is 3.41. The van der Waals surface area contributed by atoms with Gasteiger partial charge in [0.2, 0.25) is 0 Å². The maximum absolute atomic E-state index is 14.2. The van der Waals surface area contributed by atoms with E-state index in [0.717, 1.165) is 42.8 Å². The summed E-state index contributed by atoms with van der Waals surface area (Å²) in [7, 11) is 0. The molecule has 3 rings (SSSR count). The molecule has 1 aromatic carbocycles. The molecule has 1 heterocycles. The number of nitrogens with one attached hydrogen (secondary N) is 1. The van der Waals surface area contributed by atoms with E-state index in [-0.39, 0.29) is 11.7 Å². The minimum Gasteiger partial charge on any atom is -0.313 e. The molecular formula is C17H19FN2. The van der Waals surface area contributed by atoms with Crippen molar-refractivity contribution in [3.63, 3.8) is 0 Å². The molecule has 0 amide bonds. The van der Waals surface area contributed by atoms with Crippen LogP contribution in [0.3, 0.4) is 0 Å². The highest BCUT2D eigenvalue weighted by Crippen LogP contribution is 2.37. The molecule has 0 saturated heterocycles. The van der Waals surface area contributed by atoms with Crippen molar-refractivity contribution in [1.29, 1.82) is 0 Å². The van der Waals surface area contributed by atoms with Gasteiger partial charge in [0.1, 0.15) is 5.82 Å². The van der Waals surface area contributed by atoms with Crippen molar-refractivity contribution in [2.45, 2.75) is 32.2 Å². The zero-order valence-corrected chi connectivity index (χ0v) is 11.7. The first-order valence-electron chi connectivity index (χ1n) is 7.22. The van der Waals surface area contributed by atoms with Crippen LogP contribution < -0.4 is 5.32 Å². The third kappa shape index (κ3) is 2.46. The lowest BCUT2D eigenvalue weighted by Crippen LogP contribution is -2.12. The largest absolute Gasteiger partial charge is 0.313 e. The average molecular weight is 270 g/mol. The van der Waals surface area contributed by atoms with Crippen molar-refractivity contribution in [2.24, 2.45) is 0 Å². The topological polar surface area (TPSA) is 24.9 Å². The molecule has 104 valence electrons. The van der Waals surface area contributed by atoms with Gasteiger partial charge in [-0.2, -0.15) is 0 Å². The number of benzene rings is 1. The van der Waals surface area contributed by atoms with Crippen LogP contribution in [0.4, 0.5) is 4.39 Å². The van der Waals surface area contributed by atoms with E-state index >= 15 is 0 Å². The summed E-state index contributed by atoms with van der Waals surface area (Å²) in [6.07, 6.45) is 3.75. The van der Waals surface area contributed by atoms with Crippen molar-refractivity contribution in [3.8, 4) is 0 Å². The maximum atomic E-state index is 14.2. The Kier molecular flexibility index (Phi) is 3.79. The second kappa shape index (κ2) is 5.71. The van der Waals surface area contributed by atoms with Crippen LogP contribution in [0.25, 0.3) is 0 Å². The summed E-state index contributed by atoms with van der Waals surface area (Å²) in [5.74, 6) is -0.0125. The minimum atomic E-state index is -0.117. The van der Waals surface area contributed by atoms with Gasteiger partial charge in [0, 0.05) is 18.7 Å². The molecule has 2 nitrogen and oxygen atoms in total. The summed E-state index contributed by atoms with van der Waals surface area (Å²) in [5.41, 5.74) is 4.23. The van der Waals surface area contributed by atoms with Crippen LogP contribution in [-0.2, 0) is 13.0 Å². The Morgan fingerprint density at radius 2 is 2.25 bits per heavy atom. The third-order valence-corrected chi connectivity index (χ3v) is 3.97. The Bertz CT molecular complexity index is 610. The van der Waals surface area contributed by atoms with E-state index < -0.39 is 0 Å². The number of hydrogen-bond acceptors (Lipinski definition) is 2. The van der Waals surface area contributed by atoms with Gasteiger partial charge < -0.3 is 5.32 Å². The van der Waals surface area contributed by atoms with Crippen LogP contribution in [0.1, 0.15) is 41.6 Å². The first kappa shape index (κ1) is 13.3. The molecule has 3 heteroatoms. The third-order valence-electron chi connectivity index (χ3n) is 3.97. The fourth-order valence-corrected chi connectivity index (χ4v) is 2.95. The number of fused-ring (bicyclic) bond motifs is 1. The number of nitrogens with zero attached hydrogens (tertiary/aromatic N) is 1. The quantitative estimate of drug-likeness (QED) is 0.921. The van der Waals surface area contributed by atoms with Gasteiger partial charge >= 0.3 is 0 Å². The van der Waals surface area contributed by atoms with E-state index in [9.17, 15) is 4.39 Å². The van der Waals surface area contributed by atoms with E-state index in [1.807, 2.05) is 18.2 Å². The lowest BCUT2D eigenvalue weighted by Gasteiger charge is -2.14. The zero-order chi connectivity index (χ0) is 13.9. The highest BCUT2D eigenvalue weighted by atomic mass is 19.1. The standard InChI is InChI=1S/C17H19FN2/c1-2-19-11-12-5-8-16(18)15(10-12)14-7-6-13-4-3-9-20-17(13)14/h3-5,8-10,14,19H,2,6-7,11H2,1H3. The molecule has 0 fully saturated rings. The number of pyridine rings is 1. The second-order valence-corrected chi connectivity index (χ2v) is 5.28. The molecule has 1 aliphatic rings. The summed E-state index contributed by atoms with van der Waals surface area (Å²) < 4.78 is 14.2. The van der Waals surface area contributed by atoms with Crippen LogP contribution in [0, 0.1) is 5.82 Å². The lowest BCUT2D eigenvalue weighted by atomic mass is 9.94. The van der Waals surface area contributed by atoms with Gasteiger partial charge in [-0.1, -0.05) is 25.1 Å². The Labute approximate surface area is 119 Å². The van der Waals surface area contributed by atoms with Gasteiger partial charge in [0.15, 0.2) is 0 Å². The Morgan fingerprint density at radius 1 is 1.35 bits per heavy atom. The number of halogens is 1. The Balaban J connectivity index is 1.94. The summed E-state index contributed by atoms with van der Waals surface area (Å²) in [6.45, 7) is 3.77. The number of hydrogen-bond donors (Lipinski definition) is 1. The smallest absolute Gasteiger partial charge is 0.127 e. The Morgan fingerprint density at radius 3 is 3.10 bits per heavy atom. The summed E-state index contributed by atoms with van der Waals surface area (Å²) >= 11 is 0. The van der Waals surface area contributed by atoms with Gasteiger partial charge in [-0.25, -0.2) is 4.39 Å². The maximum Gasteiger partial charge on any atom is 0.127 e. The molecule has 0 bridgehead atoms. The van der Waals surface area contributed by atoms with Crippen LogP contribution in [0.5, 0.6) is 0 Å². The van der Waals surface area contributed by atoms with Crippen molar-refractivity contribution in [3.05, 3.63) is 64.7 Å². The summed E-state index contributed by atoms with van der Waals surface area (Å²) in [6, 6.07) is 9.49. The second-order valence-electron chi connectivity index (χ2n) is 5.28. The summed E-state index contributed by atoms with van der Waals surface area (Å²) in [4.78, 5) is 4.47. The van der Waals surface area contributed by atoms with E-state index in [2.05, 4.69) is 23.3 Å². The fourth-order valence-electron chi connectivity index (χ4n) is 2.95. The molecule has 1 aliphatic carbocycles. The van der Waals surface area contributed by atoms with Gasteiger partial charge in [-0.05, 0) is 48.2 Å². The predicted molar refractivity (Wildman–Crippen MR) is 78.2 cm³/mol. The van der Waals surface area contributed by atoms with Gasteiger partial charge in [0.05, 0.1) is 5.69 Å². The minimum absolute atomic E-state index is 0.104. The monoisotopic (exact) mass is 270 g/mol. The van der Waals surface area contributed by atoms with Crippen molar-refractivity contribution in [2.75, 3.05) is 6.54 Å². The number of rotatable bonds is 4. The van der Waals surface area contributed by atoms with E-state index in [4.69, 9.17) is 0 Å². The van der Waals surface area contributed by atoms with Crippen LogP contribution >= 0.6 is 0 Å². The molecule has 0 saturated carbocycles. The van der Waals surface area contributed by atoms with Gasteiger partial charge in [-0.3, -0.25) is 4.98 Å². The summed E-state index contributed by atoms with van der Waals surface area (Å²) in [5, 5.41) is 3.28. The molecule has 20 heavy (non-hydrogen) atoms. The van der Waals surface area contributed by atoms with Crippen LogP contribution in [0.15, 0.2) is 36.5 Å². The fraction of sp³-hybridized carbons (Fsp3) is 0.353. The van der Waals surface area contributed by atoms with E-state index in [1.165, 1.54) is 5.56 Å². The molecule has 2 aromatic rings. The lowest BCUT2D eigenvalue weighted by molar-refractivity contribution is 0.590. The molecular weight excluding hydrogens is 251 g/mol. The van der Waals surface area contributed by atoms with Crippen molar-refractivity contribution in [1.82, 2.24) is 10.3 Å². The molecule has 1 atom stereocenters. The normalized spacial score (nSPS) is 17.2. The highest BCUT2D eigenvalue weighted by molar-refractivity contribution is 5.39. The molecule has 0 aliphatic heterocycles.